The molecule has 0 radical (unpaired) electrons. The summed E-state index contributed by atoms with van der Waals surface area (Å²) in [5.41, 5.74) is 2.43. The molecule has 7 heteroatoms. The molecule has 0 aromatic heterocycles. The zero-order valence-electron chi connectivity index (χ0n) is 16.0. The highest BCUT2D eigenvalue weighted by Crippen LogP contribution is 2.20. The largest absolute Gasteiger partial charge is 0.379 e. The molecule has 2 amide bonds. The van der Waals surface area contributed by atoms with Gasteiger partial charge in [0.05, 0.1) is 13.2 Å². The van der Waals surface area contributed by atoms with Crippen LogP contribution in [0.1, 0.15) is 0 Å². The van der Waals surface area contributed by atoms with E-state index in [1.807, 2.05) is 19.0 Å². The number of morpholine rings is 1. The van der Waals surface area contributed by atoms with Gasteiger partial charge in [-0.25, -0.2) is 4.79 Å². The zero-order chi connectivity index (χ0) is 18.4. The summed E-state index contributed by atoms with van der Waals surface area (Å²) in [5.74, 6) is 0. The van der Waals surface area contributed by atoms with E-state index in [2.05, 4.69) is 44.3 Å². The van der Waals surface area contributed by atoms with Crippen LogP contribution in [0.5, 0.6) is 0 Å². The molecule has 0 bridgehead atoms. The highest BCUT2D eigenvalue weighted by Gasteiger charge is 2.21. The lowest BCUT2D eigenvalue weighted by molar-refractivity contribution is 0.0386. The third-order valence-corrected chi connectivity index (χ3v) is 5.11. The second-order valence-electron chi connectivity index (χ2n) is 7.07. The van der Waals surface area contributed by atoms with Gasteiger partial charge in [-0.3, -0.25) is 4.90 Å². The van der Waals surface area contributed by atoms with Crippen molar-refractivity contribution >= 4 is 17.4 Å². The molecule has 26 heavy (non-hydrogen) atoms. The van der Waals surface area contributed by atoms with E-state index in [0.717, 1.165) is 59.0 Å². The lowest BCUT2D eigenvalue weighted by atomic mass is 10.2. The Labute approximate surface area is 156 Å². The van der Waals surface area contributed by atoms with Gasteiger partial charge in [0.1, 0.15) is 0 Å². The van der Waals surface area contributed by atoms with Gasteiger partial charge in [0.2, 0.25) is 0 Å². The number of anilines is 2. The summed E-state index contributed by atoms with van der Waals surface area (Å²) >= 11 is 0. The maximum Gasteiger partial charge on any atom is 0.317 e. The Bertz CT molecular complexity index is 564. The number of urea groups is 1. The summed E-state index contributed by atoms with van der Waals surface area (Å²) in [6, 6.07) is 8.65. The Morgan fingerprint density at radius 2 is 1.69 bits per heavy atom. The first-order valence-electron chi connectivity index (χ1n) is 9.49. The van der Waals surface area contributed by atoms with Crippen LogP contribution >= 0.6 is 0 Å². The van der Waals surface area contributed by atoms with E-state index < -0.39 is 0 Å². The minimum absolute atomic E-state index is 0.0564. The molecule has 1 aromatic rings. The fourth-order valence-corrected chi connectivity index (χ4v) is 3.39. The van der Waals surface area contributed by atoms with Crippen LogP contribution in [0.3, 0.4) is 0 Å². The van der Waals surface area contributed by atoms with Gasteiger partial charge in [-0.2, -0.15) is 0 Å². The number of nitrogens with zero attached hydrogens (tertiary/aromatic N) is 4. The van der Waals surface area contributed by atoms with Gasteiger partial charge in [0.15, 0.2) is 0 Å². The smallest absolute Gasteiger partial charge is 0.317 e. The van der Waals surface area contributed by atoms with Gasteiger partial charge in [-0.15, -0.1) is 0 Å². The van der Waals surface area contributed by atoms with Crippen molar-refractivity contribution in [2.75, 3.05) is 89.5 Å². The molecular formula is C19H31N5O2. The van der Waals surface area contributed by atoms with Gasteiger partial charge in [0, 0.05) is 77.8 Å². The molecular weight excluding hydrogens is 330 g/mol. The number of amides is 2. The molecule has 3 rings (SSSR count). The molecule has 144 valence electrons. The van der Waals surface area contributed by atoms with Crippen LogP contribution in [0.2, 0.25) is 0 Å². The second-order valence-corrected chi connectivity index (χ2v) is 7.07. The van der Waals surface area contributed by atoms with E-state index in [1.165, 1.54) is 11.4 Å². The fraction of sp³-hybridized carbons (Fsp3) is 0.632. The average Bonchev–Trinajstić information content (AvgIpc) is 2.69. The number of carbonyl (C=O) groups is 1. The van der Waals surface area contributed by atoms with Gasteiger partial charge >= 0.3 is 6.03 Å². The molecule has 0 saturated carbocycles. The standard InChI is InChI=1S/C19H31N5O2/c1-21(2)17-3-5-18(6-4-17)23-9-11-24(12-10-23)19(25)20-7-8-22-13-15-26-16-14-22/h3-6H,7-16H2,1-2H3,(H,20,25). The topological polar surface area (TPSA) is 51.3 Å². The van der Waals surface area contributed by atoms with Crippen molar-refractivity contribution in [3.8, 4) is 0 Å². The van der Waals surface area contributed by atoms with Crippen LogP contribution in [0, 0.1) is 0 Å². The van der Waals surface area contributed by atoms with Crippen LogP contribution in [0.15, 0.2) is 24.3 Å². The minimum atomic E-state index is 0.0564. The van der Waals surface area contributed by atoms with Crippen molar-refractivity contribution in [3.63, 3.8) is 0 Å². The predicted octanol–water partition coefficient (Wildman–Crippen LogP) is 0.916. The molecule has 1 N–H and O–H groups in total. The number of hydrogen-bond donors (Lipinski definition) is 1. The maximum absolute atomic E-state index is 12.4. The molecule has 7 nitrogen and oxygen atoms in total. The highest BCUT2D eigenvalue weighted by atomic mass is 16.5. The zero-order valence-corrected chi connectivity index (χ0v) is 16.0. The molecule has 2 fully saturated rings. The van der Waals surface area contributed by atoms with Gasteiger partial charge in [0.25, 0.3) is 0 Å². The van der Waals surface area contributed by atoms with Gasteiger partial charge in [-0.05, 0) is 24.3 Å². The first-order valence-corrected chi connectivity index (χ1v) is 9.49. The third kappa shape index (κ3) is 5.02. The van der Waals surface area contributed by atoms with Crippen molar-refractivity contribution < 1.29 is 9.53 Å². The van der Waals surface area contributed by atoms with E-state index in [0.29, 0.717) is 6.54 Å². The summed E-state index contributed by atoms with van der Waals surface area (Å²) < 4.78 is 5.34. The summed E-state index contributed by atoms with van der Waals surface area (Å²) in [5, 5.41) is 3.05. The number of nitrogens with one attached hydrogen (secondary N) is 1. The number of carbonyl (C=O) groups excluding carboxylic acids is 1. The Kier molecular flexibility index (Phi) is 6.57. The third-order valence-electron chi connectivity index (χ3n) is 5.11. The van der Waals surface area contributed by atoms with Crippen LogP contribution < -0.4 is 15.1 Å². The van der Waals surface area contributed by atoms with E-state index >= 15 is 0 Å². The fourth-order valence-electron chi connectivity index (χ4n) is 3.39. The second kappa shape index (κ2) is 9.09. The highest BCUT2D eigenvalue weighted by molar-refractivity contribution is 5.74. The van der Waals surface area contributed by atoms with Crippen molar-refractivity contribution in [3.05, 3.63) is 24.3 Å². The number of ether oxygens (including phenoxy) is 1. The molecule has 0 atom stereocenters. The van der Waals surface area contributed by atoms with Gasteiger partial charge in [-0.1, -0.05) is 0 Å². The Morgan fingerprint density at radius 1 is 1.04 bits per heavy atom. The Morgan fingerprint density at radius 3 is 2.31 bits per heavy atom. The number of benzene rings is 1. The molecule has 2 aliphatic rings. The van der Waals surface area contributed by atoms with E-state index in [4.69, 9.17) is 4.74 Å². The SMILES string of the molecule is CN(C)c1ccc(N2CCN(C(=O)NCCN3CCOCC3)CC2)cc1. The Hall–Kier alpha value is -1.99. The normalized spacial score (nSPS) is 18.7. The lowest BCUT2D eigenvalue weighted by Gasteiger charge is -2.36. The van der Waals surface area contributed by atoms with Crippen molar-refractivity contribution in [1.29, 1.82) is 0 Å². The quantitative estimate of drug-likeness (QED) is 0.845. The molecule has 0 unspecified atom stereocenters. The predicted molar refractivity (Wildman–Crippen MR) is 105 cm³/mol. The molecule has 0 spiro atoms. The summed E-state index contributed by atoms with van der Waals surface area (Å²) in [4.78, 5) is 21.0. The molecule has 2 saturated heterocycles. The van der Waals surface area contributed by atoms with Crippen LogP contribution in [0.4, 0.5) is 16.2 Å². The molecule has 1 aromatic carbocycles. The minimum Gasteiger partial charge on any atom is -0.379 e. The van der Waals surface area contributed by atoms with Crippen LogP contribution in [-0.4, -0.2) is 95.5 Å². The van der Waals surface area contributed by atoms with Crippen LogP contribution in [-0.2, 0) is 4.74 Å². The first kappa shape index (κ1) is 18.8. The van der Waals surface area contributed by atoms with Crippen LogP contribution in [0.25, 0.3) is 0 Å². The molecule has 2 aliphatic heterocycles. The monoisotopic (exact) mass is 361 g/mol. The number of piperazine rings is 1. The summed E-state index contributed by atoms with van der Waals surface area (Å²) in [6.45, 7) is 8.38. The maximum atomic E-state index is 12.4. The number of rotatable bonds is 5. The summed E-state index contributed by atoms with van der Waals surface area (Å²) in [7, 11) is 4.09. The van der Waals surface area contributed by atoms with Crippen molar-refractivity contribution in [1.82, 2.24) is 15.1 Å². The van der Waals surface area contributed by atoms with Crippen molar-refractivity contribution in [2.24, 2.45) is 0 Å². The van der Waals surface area contributed by atoms with E-state index in [9.17, 15) is 4.79 Å². The lowest BCUT2D eigenvalue weighted by Crippen LogP contribution is -2.52. The number of hydrogen-bond acceptors (Lipinski definition) is 5. The average molecular weight is 361 g/mol. The van der Waals surface area contributed by atoms with E-state index in [-0.39, 0.29) is 6.03 Å². The summed E-state index contributed by atoms with van der Waals surface area (Å²) in [6.07, 6.45) is 0. The van der Waals surface area contributed by atoms with Crippen molar-refractivity contribution in [2.45, 2.75) is 0 Å². The van der Waals surface area contributed by atoms with E-state index in [1.54, 1.807) is 0 Å². The van der Waals surface area contributed by atoms with Gasteiger partial charge < -0.3 is 24.8 Å². The Balaban J connectivity index is 1.39. The molecule has 0 aliphatic carbocycles. The molecule has 2 heterocycles. The first-order chi connectivity index (χ1) is 12.6.